The van der Waals surface area contributed by atoms with E-state index in [0.29, 0.717) is 13.1 Å². The lowest BCUT2D eigenvalue weighted by atomic mass is 10.1. The number of ether oxygens (including phenoxy) is 1. The second kappa shape index (κ2) is 4.47. The molecule has 0 saturated carbocycles. The van der Waals surface area contributed by atoms with Crippen LogP contribution in [0.2, 0.25) is 0 Å². The average molecular weight is 217 g/mol. The first-order valence-electron chi connectivity index (χ1n) is 5.12. The molecule has 15 heavy (non-hydrogen) atoms. The summed E-state index contributed by atoms with van der Waals surface area (Å²) >= 11 is 0. The fourth-order valence-corrected chi connectivity index (χ4v) is 1.70. The van der Waals surface area contributed by atoms with E-state index in [9.17, 15) is 9.90 Å². The van der Waals surface area contributed by atoms with E-state index in [4.69, 9.17) is 9.84 Å². The van der Waals surface area contributed by atoms with Crippen LogP contribution in [-0.2, 0) is 9.53 Å². The van der Waals surface area contributed by atoms with Crippen LogP contribution in [0, 0.1) is 0 Å². The third-order valence-electron chi connectivity index (χ3n) is 2.34. The van der Waals surface area contributed by atoms with Gasteiger partial charge in [-0.15, -0.1) is 0 Å². The third kappa shape index (κ3) is 3.15. The van der Waals surface area contributed by atoms with Crippen molar-refractivity contribution >= 4 is 5.91 Å². The molecule has 1 saturated heterocycles. The van der Waals surface area contributed by atoms with Gasteiger partial charge in [-0.2, -0.15) is 0 Å². The van der Waals surface area contributed by atoms with Crippen molar-refractivity contribution in [3.05, 3.63) is 0 Å². The van der Waals surface area contributed by atoms with Gasteiger partial charge < -0.3 is 19.8 Å². The molecule has 1 fully saturated rings. The largest absolute Gasteiger partial charge is 0.394 e. The molecule has 2 N–H and O–H groups in total. The molecule has 0 aromatic carbocycles. The maximum Gasteiger partial charge on any atom is 0.254 e. The fourth-order valence-electron chi connectivity index (χ4n) is 1.70. The summed E-state index contributed by atoms with van der Waals surface area (Å²) < 4.78 is 5.40. The van der Waals surface area contributed by atoms with Gasteiger partial charge in [-0.05, 0) is 20.8 Å². The van der Waals surface area contributed by atoms with Crippen molar-refractivity contribution < 1.29 is 19.7 Å². The molecule has 1 aliphatic rings. The molecule has 1 amide bonds. The summed E-state index contributed by atoms with van der Waals surface area (Å²) in [5, 5.41) is 18.6. The third-order valence-corrected chi connectivity index (χ3v) is 2.34. The van der Waals surface area contributed by atoms with Gasteiger partial charge in [0.1, 0.15) is 5.60 Å². The minimum absolute atomic E-state index is 0.109. The Morgan fingerprint density at radius 2 is 2.13 bits per heavy atom. The molecular weight excluding hydrogens is 198 g/mol. The summed E-state index contributed by atoms with van der Waals surface area (Å²) in [7, 11) is 0. The highest BCUT2D eigenvalue weighted by atomic mass is 16.5. The van der Waals surface area contributed by atoms with Gasteiger partial charge in [0.2, 0.25) is 0 Å². The van der Waals surface area contributed by atoms with Crippen LogP contribution in [0.25, 0.3) is 0 Å². The minimum Gasteiger partial charge on any atom is -0.394 e. The Bertz CT molecular complexity index is 236. The van der Waals surface area contributed by atoms with Crippen LogP contribution in [0.5, 0.6) is 0 Å². The van der Waals surface area contributed by atoms with Crippen LogP contribution in [0.4, 0.5) is 0 Å². The highest BCUT2D eigenvalue weighted by molar-refractivity contribution is 5.84. The lowest BCUT2D eigenvalue weighted by molar-refractivity contribution is -0.162. The number of hydrogen-bond donors (Lipinski definition) is 2. The lowest BCUT2D eigenvalue weighted by Gasteiger charge is -2.38. The first-order valence-corrected chi connectivity index (χ1v) is 5.12. The molecule has 1 heterocycles. The van der Waals surface area contributed by atoms with Crippen LogP contribution >= 0.6 is 0 Å². The molecule has 0 aromatic heterocycles. The Balaban J connectivity index is 2.66. The van der Waals surface area contributed by atoms with Crippen LogP contribution < -0.4 is 0 Å². The van der Waals surface area contributed by atoms with Crippen molar-refractivity contribution in [3.8, 4) is 0 Å². The summed E-state index contributed by atoms with van der Waals surface area (Å²) in [5.74, 6) is -0.323. The summed E-state index contributed by atoms with van der Waals surface area (Å²) in [6.45, 7) is 5.45. The number of aliphatic hydroxyl groups is 2. The standard InChI is InChI=1S/C10H19NO4/c1-7-4-11(5-8(6-12)15-7)9(13)10(2,3)14/h7-8,12,14H,4-6H2,1-3H3. The van der Waals surface area contributed by atoms with Gasteiger partial charge in [0.15, 0.2) is 0 Å². The quantitative estimate of drug-likeness (QED) is 0.646. The Hall–Kier alpha value is -0.650. The van der Waals surface area contributed by atoms with E-state index in [1.165, 1.54) is 18.7 Å². The van der Waals surface area contributed by atoms with Crippen molar-refractivity contribution in [2.45, 2.75) is 38.6 Å². The monoisotopic (exact) mass is 217 g/mol. The molecule has 0 spiro atoms. The van der Waals surface area contributed by atoms with E-state index < -0.39 is 5.60 Å². The number of amides is 1. The molecule has 0 radical (unpaired) electrons. The Morgan fingerprint density at radius 3 is 2.60 bits per heavy atom. The first-order chi connectivity index (χ1) is 6.84. The average Bonchev–Trinajstić information content (AvgIpc) is 2.14. The second-order valence-corrected chi connectivity index (χ2v) is 4.52. The highest BCUT2D eigenvalue weighted by Gasteiger charge is 2.34. The normalized spacial score (nSPS) is 27.9. The summed E-state index contributed by atoms with van der Waals surface area (Å²) in [6.07, 6.45) is -0.456. The van der Waals surface area contributed by atoms with Crippen LogP contribution in [-0.4, -0.2) is 58.5 Å². The van der Waals surface area contributed by atoms with Crippen LogP contribution in [0.1, 0.15) is 20.8 Å². The van der Waals surface area contributed by atoms with Crippen molar-refractivity contribution in [1.82, 2.24) is 4.90 Å². The van der Waals surface area contributed by atoms with Gasteiger partial charge in [0, 0.05) is 13.1 Å². The number of rotatable bonds is 2. The van der Waals surface area contributed by atoms with Crippen LogP contribution in [0.15, 0.2) is 0 Å². The maximum atomic E-state index is 11.8. The molecule has 2 unspecified atom stereocenters. The molecule has 1 aliphatic heterocycles. The molecule has 0 aromatic rings. The van der Waals surface area contributed by atoms with Gasteiger partial charge in [-0.1, -0.05) is 0 Å². The van der Waals surface area contributed by atoms with Gasteiger partial charge in [0.05, 0.1) is 18.8 Å². The predicted octanol–water partition coefficient (Wildman–Crippen LogP) is -0.635. The SMILES string of the molecule is CC1CN(C(=O)C(C)(C)O)CC(CO)O1. The number of hydrogen-bond acceptors (Lipinski definition) is 4. The molecule has 1 rings (SSSR count). The van der Waals surface area contributed by atoms with E-state index in [2.05, 4.69) is 0 Å². The zero-order valence-electron chi connectivity index (χ0n) is 9.43. The van der Waals surface area contributed by atoms with E-state index in [1.807, 2.05) is 6.92 Å². The zero-order valence-corrected chi connectivity index (χ0v) is 9.43. The fraction of sp³-hybridized carbons (Fsp3) is 0.900. The second-order valence-electron chi connectivity index (χ2n) is 4.52. The van der Waals surface area contributed by atoms with Gasteiger partial charge >= 0.3 is 0 Å². The van der Waals surface area contributed by atoms with E-state index in [1.54, 1.807) is 0 Å². The van der Waals surface area contributed by atoms with Gasteiger partial charge in [-0.25, -0.2) is 0 Å². The Morgan fingerprint density at radius 1 is 1.53 bits per heavy atom. The first kappa shape index (κ1) is 12.4. The van der Waals surface area contributed by atoms with E-state index in [-0.39, 0.29) is 24.7 Å². The van der Waals surface area contributed by atoms with Crippen LogP contribution in [0.3, 0.4) is 0 Å². The highest BCUT2D eigenvalue weighted by Crippen LogP contribution is 2.15. The smallest absolute Gasteiger partial charge is 0.254 e. The number of nitrogens with zero attached hydrogens (tertiary/aromatic N) is 1. The number of aliphatic hydroxyl groups excluding tert-OH is 1. The van der Waals surface area contributed by atoms with E-state index >= 15 is 0 Å². The van der Waals surface area contributed by atoms with E-state index in [0.717, 1.165) is 0 Å². The Labute approximate surface area is 89.6 Å². The molecule has 2 atom stereocenters. The molecule has 0 bridgehead atoms. The summed E-state index contributed by atoms with van der Waals surface area (Å²) in [6, 6.07) is 0. The number of carbonyl (C=O) groups is 1. The van der Waals surface area contributed by atoms with Crippen molar-refractivity contribution in [2.75, 3.05) is 19.7 Å². The Kier molecular flexibility index (Phi) is 3.70. The van der Waals surface area contributed by atoms with Gasteiger partial charge in [-0.3, -0.25) is 4.79 Å². The number of morpholine rings is 1. The van der Waals surface area contributed by atoms with Crippen molar-refractivity contribution in [1.29, 1.82) is 0 Å². The summed E-state index contributed by atoms with van der Waals surface area (Å²) in [4.78, 5) is 13.3. The molecular formula is C10H19NO4. The van der Waals surface area contributed by atoms with Crippen molar-refractivity contribution in [2.24, 2.45) is 0 Å². The molecule has 0 aliphatic carbocycles. The lowest BCUT2D eigenvalue weighted by Crippen LogP contribution is -2.55. The topological polar surface area (TPSA) is 70.0 Å². The maximum absolute atomic E-state index is 11.8. The zero-order chi connectivity index (χ0) is 11.6. The van der Waals surface area contributed by atoms with Crippen molar-refractivity contribution in [3.63, 3.8) is 0 Å². The molecule has 5 nitrogen and oxygen atoms in total. The molecule has 5 heteroatoms. The number of carbonyl (C=O) groups excluding carboxylic acids is 1. The minimum atomic E-state index is -1.36. The summed E-state index contributed by atoms with van der Waals surface area (Å²) in [5.41, 5.74) is -1.36. The predicted molar refractivity (Wildman–Crippen MR) is 54.3 cm³/mol. The molecule has 88 valence electrons. The van der Waals surface area contributed by atoms with Gasteiger partial charge in [0.25, 0.3) is 5.91 Å².